The van der Waals surface area contributed by atoms with Crippen molar-refractivity contribution in [2.75, 3.05) is 0 Å². The van der Waals surface area contributed by atoms with Crippen LogP contribution in [-0.4, -0.2) is 9.52 Å². The number of rotatable bonds is 0. The van der Waals surface area contributed by atoms with Crippen LogP contribution in [0.15, 0.2) is 18.2 Å². The number of halogens is 2. The van der Waals surface area contributed by atoms with Gasteiger partial charge in [0.05, 0.1) is 0 Å². The van der Waals surface area contributed by atoms with Crippen LogP contribution in [0.5, 0.6) is 0 Å². The summed E-state index contributed by atoms with van der Waals surface area (Å²) in [6.45, 7) is 4.42. The zero-order valence-electron chi connectivity index (χ0n) is 6.77. The van der Waals surface area contributed by atoms with E-state index in [4.69, 9.17) is 0 Å². The molecule has 0 aromatic carbocycles. The Balaban J connectivity index is -0.0000000379. The summed E-state index contributed by atoms with van der Waals surface area (Å²) in [4.78, 5) is 0. The molecule has 0 saturated carbocycles. The fourth-order valence-electron chi connectivity index (χ4n) is 0.340. The summed E-state index contributed by atoms with van der Waals surface area (Å²) >= 11 is 0. The molecule has 0 N–H and O–H groups in total. The van der Waals surface area contributed by atoms with Gasteiger partial charge < -0.3 is 24.8 Å². The van der Waals surface area contributed by atoms with E-state index in [0.717, 1.165) is 15.9 Å². The summed E-state index contributed by atoms with van der Waals surface area (Å²) < 4.78 is 0. The summed E-state index contributed by atoms with van der Waals surface area (Å²) in [7, 11) is 0.750. The third-order valence-corrected chi connectivity index (χ3v) is 0.586. The van der Waals surface area contributed by atoms with Crippen molar-refractivity contribution in [2.45, 2.75) is 19.5 Å². The first-order valence-electron chi connectivity index (χ1n) is 2.87. The fourth-order valence-corrected chi connectivity index (χ4v) is 0.340. The van der Waals surface area contributed by atoms with Gasteiger partial charge in [0.15, 0.2) is 0 Å². The molecule has 0 amide bonds. The third-order valence-electron chi connectivity index (χ3n) is 0.586. The maximum atomic E-state index is 2.99. The minimum atomic E-state index is 0. The van der Waals surface area contributed by atoms with Gasteiger partial charge >= 0.3 is 21.7 Å². The number of allylic oxidation sites excluding steroid dienone is 4. The van der Waals surface area contributed by atoms with E-state index in [2.05, 4.69) is 25.2 Å². The van der Waals surface area contributed by atoms with Gasteiger partial charge in [0.1, 0.15) is 0 Å². The molecule has 1 aliphatic carbocycles. The van der Waals surface area contributed by atoms with Crippen LogP contribution < -0.4 is 24.8 Å². The van der Waals surface area contributed by atoms with E-state index in [1.54, 1.807) is 0 Å². The maximum Gasteiger partial charge on any atom is 3.00 e. The van der Waals surface area contributed by atoms with Crippen molar-refractivity contribution in [2.24, 2.45) is 0 Å². The molecular weight excluding hydrogens is 231 g/mol. The molecule has 0 saturated heterocycles. The Morgan fingerprint density at radius 1 is 1.27 bits per heavy atom. The quantitative estimate of drug-likeness (QED) is 0.299. The Morgan fingerprint density at radius 2 is 1.73 bits per heavy atom. The Morgan fingerprint density at radius 3 is 1.82 bits per heavy atom. The second-order valence-electron chi connectivity index (χ2n) is 1.58. The fraction of sp³-hybridized carbons (Fsp3) is 0.429. The van der Waals surface area contributed by atoms with Crippen molar-refractivity contribution in [3.63, 3.8) is 0 Å². The molecule has 0 aromatic rings. The van der Waals surface area contributed by atoms with Crippen LogP contribution in [0.4, 0.5) is 0 Å². The van der Waals surface area contributed by atoms with Crippen LogP contribution >= 0.6 is 0 Å². The van der Waals surface area contributed by atoms with E-state index >= 15 is 0 Å². The van der Waals surface area contributed by atoms with Gasteiger partial charge in [0.25, 0.3) is 0 Å². The Bertz CT molecular complexity index is 84.4. The van der Waals surface area contributed by atoms with Crippen molar-refractivity contribution in [1.29, 1.82) is 0 Å². The van der Waals surface area contributed by atoms with Gasteiger partial charge in [-0.25, -0.2) is 12.2 Å². The molecule has 1 rings (SSSR count). The van der Waals surface area contributed by atoms with E-state index in [1.807, 2.05) is 12.2 Å². The minimum Gasteiger partial charge on any atom is -1.00 e. The van der Waals surface area contributed by atoms with Gasteiger partial charge in [-0.2, -0.15) is 6.08 Å². The minimum absolute atomic E-state index is 0. The summed E-state index contributed by atoms with van der Waals surface area (Å²) in [5.74, 6) is 0. The molecule has 0 spiro atoms. The van der Waals surface area contributed by atoms with Gasteiger partial charge in [0, 0.05) is 9.52 Å². The maximum absolute atomic E-state index is 2.99. The molecule has 0 fully saturated rings. The molecule has 62 valence electrons. The van der Waals surface area contributed by atoms with Gasteiger partial charge in [-0.15, -0.1) is 6.42 Å². The summed E-state index contributed by atoms with van der Waals surface area (Å²) in [6, 6.07) is 0. The van der Waals surface area contributed by atoms with Crippen molar-refractivity contribution in [1.82, 2.24) is 0 Å². The van der Waals surface area contributed by atoms with Gasteiger partial charge in [-0.1, -0.05) is 13.1 Å². The molecular formula is C7H12Cl2SiTi. The summed E-state index contributed by atoms with van der Waals surface area (Å²) in [5.41, 5.74) is 0. The predicted molar refractivity (Wildman–Crippen MR) is 40.4 cm³/mol. The smallest absolute Gasteiger partial charge is 1.00 e. The second-order valence-corrected chi connectivity index (χ2v) is 2.74. The Labute approximate surface area is 99.4 Å². The van der Waals surface area contributed by atoms with Gasteiger partial charge in [-0.3, -0.25) is 6.08 Å². The molecule has 1 aliphatic rings. The molecule has 0 aliphatic heterocycles. The van der Waals surface area contributed by atoms with E-state index in [0.29, 0.717) is 0 Å². The first-order valence-corrected chi connectivity index (χ1v) is 5.18. The van der Waals surface area contributed by atoms with Crippen molar-refractivity contribution >= 4 is 9.52 Å². The monoisotopic (exact) mass is 242 g/mol. The molecule has 4 heteroatoms. The van der Waals surface area contributed by atoms with Crippen LogP contribution in [0.3, 0.4) is 0 Å². The third kappa shape index (κ3) is 24.8. The first kappa shape index (κ1) is 22.7. The molecule has 11 heavy (non-hydrogen) atoms. The predicted octanol–water partition coefficient (Wildman–Crippen LogP) is -4.17. The number of hydrogen-bond acceptors (Lipinski definition) is 0. The molecule has 0 aromatic heterocycles. The summed E-state index contributed by atoms with van der Waals surface area (Å²) in [5, 5.41) is 0. The second kappa shape index (κ2) is 22.4. The van der Waals surface area contributed by atoms with E-state index in [9.17, 15) is 0 Å². The summed E-state index contributed by atoms with van der Waals surface area (Å²) in [6.07, 6.45) is 10.0. The average Bonchev–Trinajstić information content (AvgIpc) is 2.17. The largest absolute Gasteiger partial charge is 3.00 e. The van der Waals surface area contributed by atoms with Crippen molar-refractivity contribution < 1.29 is 46.5 Å². The molecule has 0 atom stereocenters. The standard InChI is InChI=1S/C5H5.C2H7Si.2ClH.Ti/c1-2-4-5-3-1;1-3-2;;;/h1-3H,4H2;3H,1-2H3;2*1H;/q-1;;;;+3/p-2. The van der Waals surface area contributed by atoms with Crippen LogP contribution in [0, 0.1) is 6.08 Å². The molecule has 0 unspecified atom stereocenters. The first-order chi connectivity index (χ1) is 3.91. The van der Waals surface area contributed by atoms with Crippen molar-refractivity contribution in [3.8, 4) is 0 Å². The zero-order valence-corrected chi connectivity index (χ0v) is 11.0. The van der Waals surface area contributed by atoms with Crippen LogP contribution in [0.25, 0.3) is 0 Å². The van der Waals surface area contributed by atoms with E-state index < -0.39 is 0 Å². The number of hydrogen-bond donors (Lipinski definition) is 0. The zero-order chi connectivity index (χ0) is 6.24. The molecule has 0 nitrogen and oxygen atoms in total. The molecule has 0 bridgehead atoms. The Hall–Kier alpha value is 0.991. The van der Waals surface area contributed by atoms with E-state index in [1.165, 1.54) is 0 Å². The average molecular weight is 243 g/mol. The van der Waals surface area contributed by atoms with Crippen LogP contribution in [0.1, 0.15) is 6.42 Å². The van der Waals surface area contributed by atoms with Crippen LogP contribution in [-0.2, 0) is 21.7 Å². The normalized spacial score (nSPS) is 9.64. The van der Waals surface area contributed by atoms with Gasteiger partial charge in [0.2, 0.25) is 0 Å². The Kier molecular flexibility index (Phi) is 46.3. The van der Waals surface area contributed by atoms with E-state index in [-0.39, 0.29) is 46.5 Å². The SMILES string of the molecule is C[SiH]C.[C-]1=CC=CC1.[Cl-].[Cl-].[Ti+3]. The molecule has 0 heterocycles. The molecule has 2 radical (unpaired) electrons. The van der Waals surface area contributed by atoms with Gasteiger partial charge in [-0.05, 0) is 0 Å². The van der Waals surface area contributed by atoms with Crippen molar-refractivity contribution in [3.05, 3.63) is 24.3 Å². The topological polar surface area (TPSA) is 0 Å². The van der Waals surface area contributed by atoms with Crippen LogP contribution in [0.2, 0.25) is 13.1 Å².